The molecule has 2 unspecified atom stereocenters. The van der Waals surface area contributed by atoms with Gasteiger partial charge in [-0.25, -0.2) is 0 Å². The molecular weight excluding hydrogens is 250 g/mol. The highest BCUT2D eigenvalue weighted by Crippen LogP contribution is 2.30. The predicted molar refractivity (Wildman–Crippen MR) is 81.8 cm³/mol. The molecule has 0 saturated heterocycles. The fourth-order valence-corrected chi connectivity index (χ4v) is 2.88. The monoisotopic (exact) mass is 275 g/mol. The molecule has 1 fully saturated rings. The van der Waals surface area contributed by atoms with Crippen molar-refractivity contribution in [1.82, 2.24) is 5.32 Å². The first-order valence-corrected chi connectivity index (χ1v) is 7.47. The van der Waals surface area contributed by atoms with E-state index in [4.69, 9.17) is 4.74 Å². The van der Waals surface area contributed by atoms with Crippen molar-refractivity contribution in [3.05, 3.63) is 42.5 Å². The Morgan fingerprint density at radius 1 is 1.25 bits per heavy atom. The highest BCUT2D eigenvalue weighted by molar-refractivity contribution is 5.27. The van der Waals surface area contributed by atoms with Gasteiger partial charge in [0.2, 0.25) is 0 Å². The number of hydrogen-bond donors (Lipinski definition) is 2. The van der Waals surface area contributed by atoms with Crippen LogP contribution in [-0.2, 0) is 6.54 Å². The van der Waals surface area contributed by atoms with E-state index in [1.54, 1.807) is 6.08 Å². The van der Waals surface area contributed by atoms with Gasteiger partial charge in [0.05, 0.1) is 0 Å². The molecule has 0 bridgehead atoms. The molecule has 0 aliphatic heterocycles. The van der Waals surface area contributed by atoms with Crippen LogP contribution < -0.4 is 10.1 Å². The summed E-state index contributed by atoms with van der Waals surface area (Å²) >= 11 is 0. The lowest BCUT2D eigenvalue weighted by Crippen LogP contribution is -2.26. The summed E-state index contributed by atoms with van der Waals surface area (Å²) in [5, 5.41) is 12.8. The summed E-state index contributed by atoms with van der Waals surface area (Å²) in [6.45, 7) is 6.38. The standard InChI is InChI=1S/C17H25NO2/c1-2-10-20-17-8-6-14(7-9-17)11-18-12-15-4-3-5-16(15)13-19/h2,6-9,15-16,18-19H,1,3-5,10-13H2. The summed E-state index contributed by atoms with van der Waals surface area (Å²) in [4.78, 5) is 0. The number of rotatable bonds is 8. The van der Waals surface area contributed by atoms with Crippen molar-refractivity contribution in [1.29, 1.82) is 0 Å². The molecule has 1 aromatic carbocycles. The quantitative estimate of drug-likeness (QED) is 0.717. The van der Waals surface area contributed by atoms with Gasteiger partial charge in [-0.3, -0.25) is 0 Å². The van der Waals surface area contributed by atoms with Gasteiger partial charge in [-0.15, -0.1) is 0 Å². The van der Waals surface area contributed by atoms with Crippen molar-refractivity contribution in [2.24, 2.45) is 11.8 Å². The molecule has 0 aromatic heterocycles. The minimum absolute atomic E-state index is 0.335. The van der Waals surface area contributed by atoms with E-state index in [1.807, 2.05) is 12.1 Å². The smallest absolute Gasteiger partial charge is 0.119 e. The van der Waals surface area contributed by atoms with Gasteiger partial charge in [0.25, 0.3) is 0 Å². The van der Waals surface area contributed by atoms with Gasteiger partial charge < -0.3 is 15.2 Å². The van der Waals surface area contributed by atoms with Crippen molar-refractivity contribution in [2.45, 2.75) is 25.8 Å². The summed E-state index contributed by atoms with van der Waals surface area (Å²) in [7, 11) is 0. The lowest BCUT2D eigenvalue weighted by molar-refractivity contribution is 0.192. The molecule has 0 radical (unpaired) electrons. The first-order chi connectivity index (χ1) is 9.83. The molecule has 1 saturated carbocycles. The third-order valence-corrected chi connectivity index (χ3v) is 4.08. The molecule has 0 amide bonds. The van der Waals surface area contributed by atoms with Gasteiger partial charge in [0.1, 0.15) is 12.4 Å². The fourth-order valence-electron chi connectivity index (χ4n) is 2.88. The Kier molecular flexibility index (Phi) is 6.09. The Hall–Kier alpha value is -1.32. The van der Waals surface area contributed by atoms with E-state index in [0.717, 1.165) is 18.8 Å². The Morgan fingerprint density at radius 2 is 2.00 bits per heavy atom. The summed E-state index contributed by atoms with van der Waals surface area (Å²) in [5.41, 5.74) is 1.26. The molecular formula is C17H25NO2. The lowest BCUT2D eigenvalue weighted by Gasteiger charge is -2.17. The Balaban J connectivity index is 1.72. The zero-order valence-corrected chi connectivity index (χ0v) is 12.1. The third kappa shape index (κ3) is 4.36. The van der Waals surface area contributed by atoms with E-state index in [0.29, 0.717) is 25.0 Å². The van der Waals surface area contributed by atoms with Crippen molar-refractivity contribution >= 4 is 0 Å². The van der Waals surface area contributed by atoms with Crippen molar-refractivity contribution in [3.8, 4) is 5.75 Å². The maximum absolute atomic E-state index is 9.31. The molecule has 0 spiro atoms. The number of benzene rings is 1. The number of aliphatic hydroxyl groups is 1. The van der Waals surface area contributed by atoms with Crippen LogP contribution >= 0.6 is 0 Å². The summed E-state index contributed by atoms with van der Waals surface area (Å²) < 4.78 is 5.46. The van der Waals surface area contributed by atoms with Crippen molar-refractivity contribution in [2.75, 3.05) is 19.8 Å². The molecule has 20 heavy (non-hydrogen) atoms. The van der Waals surface area contributed by atoms with Gasteiger partial charge in [0, 0.05) is 13.2 Å². The minimum atomic E-state index is 0.335. The average molecular weight is 275 g/mol. The fraction of sp³-hybridized carbons (Fsp3) is 0.529. The number of nitrogens with one attached hydrogen (secondary N) is 1. The molecule has 2 atom stereocenters. The van der Waals surface area contributed by atoms with E-state index in [1.165, 1.54) is 24.8 Å². The predicted octanol–water partition coefficient (Wildman–Crippen LogP) is 2.75. The second-order valence-electron chi connectivity index (χ2n) is 5.51. The summed E-state index contributed by atoms with van der Waals surface area (Å²) in [5.74, 6) is 2.01. The van der Waals surface area contributed by atoms with Crippen LogP contribution in [0.2, 0.25) is 0 Å². The SMILES string of the molecule is C=CCOc1ccc(CNCC2CCCC2CO)cc1. The number of hydrogen-bond acceptors (Lipinski definition) is 3. The maximum Gasteiger partial charge on any atom is 0.119 e. The van der Waals surface area contributed by atoms with E-state index in [2.05, 4.69) is 24.0 Å². The van der Waals surface area contributed by atoms with Crippen LogP contribution in [0.3, 0.4) is 0 Å². The number of ether oxygens (including phenoxy) is 1. The molecule has 1 aliphatic carbocycles. The largest absolute Gasteiger partial charge is 0.490 e. The molecule has 1 aromatic rings. The van der Waals surface area contributed by atoms with Crippen LogP contribution in [0.5, 0.6) is 5.75 Å². The van der Waals surface area contributed by atoms with Crippen LogP contribution in [0, 0.1) is 11.8 Å². The Labute approximate surface area is 121 Å². The zero-order chi connectivity index (χ0) is 14.2. The average Bonchev–Trinajstić information content (AvgIpc) is 2.94. The highest BCUT2D eigenvalue weighted by atomic mass is 16.5. The van der Waals surface area contributed by atoms with Crippen LogP contribution in [-0.4, -0.2) is 24.9 Å². The maximum atomic E-state index is 9.31. The van der Waals surface area contributed by atoms with Gasteiger partial charge in [0.15, 0.2) is 0 Å². The van der Waals surface area contributed by atoms with Crippen molar-refractivity contribution in [3.63, 3.8) is 0 Å². The number of aliphatic hydroxyl groups excluding tert-OH is 1. The summed E-state index contributed by atoms with van der Waals surface area (Å²) in [6.07, 6.45) is 5.42. The van der Waals surface area contributed by atoms with Crippen LogP contribution in [0.4, 0.5) is 0 Å². The first-order valence-electron chi connectivity index (χ1n) is 7.47. The van der Waals surface area contributed by atoms with Gasteiger partial charge >= 0.3 is 0 Å². The van der Waals surface area contributed by atoms with E-state index in [-0.39, 0.29) is 0 Å². The topological polar surface area (TPSA) is 41.5 Å². The Morgan fingerprint density at radius 3 is 2.70 bits per heavy atom. The van der Waals surface area contributed by atoms with Crippen LogP contribution in [0.25, 0.3) is 0 Å². The van der Waals surface area contributed by atoms with Crippen molar-refractivity contribution < 1.29 is 9.84 Å². The zero-order valence-electron chi connectivity index (χ0n) is 12.1. The highest BCUT2D eigenvalue weighted by Gasteiger charge is 2.25. The second-order valence-corrected chi connectivity index (χ2v) is 5.51. The third-order valence-electron chi connectivity index (χ3n) is 4.08. The normalized spacial score (nSPS) is 21.9. The molecule has 1 aliphatic rings. The molecule has 0 heterocycles. The van der Waals surface area contributed by atoms with Crippen LogP contribution in [0.15, 0.2) is 36.9 Å². The first kappa shape index (κ1) is 15.1. The van der Waals surface area contributed by atoms with E-state index < -0.39 is 0 Å². The van der Waals surface area contributed by atoms with E-state index in [9.17, 15) is 5.11 Å². The van der Waals surface area contributed by atoms with Crippen LogP contribution in [0.1, 0.15) is 24.8 Å². The lowest BCUT2D eigenvalue weighted by atomic mass is 9.97. The molecule has 2 rings (SSSR count). The summed E-state index contributed by atoms with van der Waals surface area (Å²) in [6, 6.07) is 8.16. The van der Waals surface area contributed by atoms with Gasteiger partial charge in [-0.2, -0.15) is 0 Å². The molecule has 3 nitrogen and oxygen atoms in total. The molecule has 110 valence electrons. The van der Waals surface area contributed by atoms with E-state index >= 15 is 0 Å². The molecule has 2 N–H and O–H groups in total. The van der Waals surface area contributed by atoms with Gasteiger partial charge in [-0.05, 0) is 48.9 Å². The Bertz CT molecular complexity index is 402. The minimum Gasteiger partial charge on any atom is -0.490 e. The van der Waals surface area contributed by atoms with Gasteiger partial charge in [-0.1, -0.05) is 31.2 Å². The molecule has 3 heteroatoms. The second kappa shape index (κ2) is 8.08.